The molecular weight excluding hydrogens is 194 g/mol. The van der Waals surface area contributed by atoms with Gasteiger partial charge in [0.15, 0.2) is 0 Å². The highest BCUT2D eigenvalue weighted by Crippen LogP contribution is 1.78. The van der Waals surface area contributed by atoms with E-state index in [9.17, 15) is 8.42 Å². The second kappa shape index (κ2) is 6.80. The van der Waals surface area contributed by atoms with Gasteiger partial charge in [-0.15, -0.1) is 0 Å². The molecule has 0 amide bonds. The fraction of sp³-hybridized carbons (Fsp3) is 0.833. The van der Waals surface area contributed by atoms with E-state index in [1.165, 1.54) is 7.11 Å². The van der Waals surface area contributed by atoms with Crippen LogP contribution in [-0.4, -0.2) is 35.2 Å². The van der Waals surface area contributed by atoms with Crippen LogP contribution in [0.15, 0.2) is 0 Å². The minimum absolute atomic E-state index is 0.124. The highest BCUT2D eigenvalue weighted by atomic mass is 32.2. The van der Waals surface area contributed by atoms with Gasteiger partial charge in [0.25, 0.3) is 10.2 Å². The first kappa shape index (κ1) is 12.3. The molecule has 0 aliphatic carbocycles. The van der Waals surface area contributed by atoms with Gasteiger partial charge in [-0.05, 0) is 0 Å². The first-order valence-electron chi connectivity index (χ1n) is 3.72. The second-order valence-corrected chi connectivity index (χ2v) is 3.78. The van der Waals surface area contributed by atoms with Gasteiger partial charge in [-0.25, -0.2) is 4.72 Å². The fourth-order valence-electron chi connectivity index (χ4n) is 0.570. The van der Waals surface area contributed by atoms with E-state index in [2.05, 4.69) is 14.2 Å². The summed E-state index contributed by atoms with van der Waals surface area (Å²) >= 11 is 0. The highest BCUT2D eigenvalue weighted by Gasteiger charge is 2.06. The number of nitrogens with one attached hydrogen (secondary N) is 2. The number of hydrogen-bond acceptors (Lipinski definition) is 4. The van der Waals surface area contributed by atoms with Gasteiger partial charge < -0.3 is 4.74 Å². The molecule has 0 bridgehead atoms. The van der Waals surface area contributed by atoms with E-state index < -0.39 is 10.2 Å². The highest BCUT2D eigenvalue weighted by molar-refractivity contribution is 7.87. The normalized spacial score (nSPS) is 11.1. The number of ether oxygens (including phenoxy) is 1. The van der Waals surface area contributed by atoms with Crippen molar-refractivity contribution in [1.29, 1.82) is 5.26 Å². The maximum Gasteiger partial charge on any atom is 0.277 e. The van der Waals surface area contributed by atoms with Crippen molar-refractivity contribution in [3.8, 4) is 6.07 Å². The van der Waals surface area contributed by atoms with Crippen molar-refractivity contribution in [2.45, 2.75) is 6.42 Å². The van der Waals surface area contributed by atoms with Crippen molar-refractivity contribution in [3.63, 3.8) is 0 Å². The zero-order valence-electron chi connectivity index (χ0n) is 7.41. The van der Waals surface area contributed by atoms with Gasteiger partial charge in [-0.2, -0.15) is 18.4 Å². The Morgan fingerprint density at radius 2 is 2.00 bits per heavy atom. The number of rotatable bonds is 7. The molecule has 0 aliphatic rings. The van der Waals surface area contributed by atoms with E-state index in [0.717, 1.165) is 0 Å². The average molecular weight is 207 g/mol. The molecule has 0 heterocycles. The molecule has 0 spiro atoms. The van der Waals surface area contributed by atoms with Crippen molar-refractivity contribution in [2.75, 3.05) is 26.8 Å². The van der Waals surface area contributed by atoms with Crippen LogP contribution in [0.2, 0.25) is 0 Å². The summed E-state index contributed by atoms with van der Waals surface area (Å²) in [4.78, 5) is 0. The van der Waals surface area contributed by atoms with Gasteiger partial charge in [-0.3, -0.25) is 0 Å². The van der Waals surface area contributed by atoms with Gasteiger partial charge in [0.05, 0.1) is 12.7 Å². The Bertz CT molecular complexity index is 257. The molecule has 0 radical (unpaired) electrons. The largest absolute Gasteiger partial charge is 0.383 e. The third-order valence-electron chi connectivity index (χ3n) is 1.13. The van der Waals surface area contributed by atoms with Gasteiger partial charge >= 0.3 is 0 Å². The number of hydrogen-bond donors (Lipinski definition) is 2. The molecular formula is C6H13N3O3S. The van der Waals surface area contributed by atoms with Crippen molar-refractivity contribution < 1.29 is 13.2 Å². The Balaban J connectivity index is 3.63. The SMILES string of the molecule is COCCNS(=O)(=O)NCCC#N. The minimum Gasteiger partial charge on any atom is -0.383 e. The summed E-state index contributed by atoms with van der Waals surface area (Å²) in [5, 5.41) is 8.15. The molecule has 7 heteroatoms. The Morgan fingerprint density at radius 1 is 1.38 bits per heavy atom. The summed E-state index contributed by atoms with van der Waals surface area (Å²) in [6.07, 6.45) is 0.158. The summed E-state index contributed by atoms with van der Waals surface area (Å²) in [5.74, 6) is 0. The van der Waals surface area contributed by atoms with Crippen molar-refractivity contribution in [3.05, 3.63) is 0 Å². The third-order valence-corrected chi connectivity index (χ3v) is 2.30. The zero-order chi connectivity index (χ0) is 10.2. The average Bonchev–Trinajstić information content (AvgIpc) is 2.05. The van der Waals surface area contributed by atoms with Crippen LogP contribution in [0.1, 0.15) is 6.42 Å². The lowest BCUT2D eigenvalue weighted by molar-refractivity contribution is 0.204. The van der Waals surface area contributed by atoms with Gasteiger partial charge in [0.2, 0.25) is 0 Å². The Hall–Kier alpha value is -0.680. The molecule has 0 saturated heterocycles. The maximum atomic E-state index is 11.0. The third kappa shape index (κ3) is 7.67. The Morgan fingerprint density at radius 3 is 2.54 bits per heavy atom. The summed E-state index contributed by atoms with van der Waals surface area (Å²) in [6.45, 7) is 0.663. The molecule has 76 valence electrons. The first-order valence-corrected chi connectivity index (χ1v) is 5.21. The fourth-order valence-corrected chi connectivity index (χ4v) is 1.40. The molecule has 0 atom stereocenters. The van der Waals surface area contributed by atoms with E-state index in [-0.39, 0.29) is 19.5 Å². The van der Waals surface area contributed by atoms with Gasteiger partial charge in [0.1, 0.15) is 0 Å². The van der Waals surface area contributed by atoms with Crippen LogP contribution in [-0.2, 0) is 14.9 Å². The summed E-state index contributed by atoms with van der Waals surface area (Å²) in [5.41, 5.74) is 0. The monoisotopic (exact) mass is 207 g/mol. The standard InChI is InChI=1S/C6H13N3O3S/c1-12-6-5-9-13(10,11)8-4-2-3-7/h8-9H,2,4-6H2,1H3. The number of methoxy groups -OCH3 is 1. The molecule has 0 fully saturated rings. The molecule has 2 N–H and O–H groups in total. The van der Waals surface area contributed by atoms with Crippen LogP contribution >= 0.6 is 0 Å². The molecule has 0 rings (SSSR count). The minimum atomic E-state index is -3.46. The molecule has 0 aromatic carbocycles. The summed E-state index contributed by atoms with van der Waals surface area (Å²) < 4.78 is 31.1. The predicted octanol–water partition coefficient (Wildman–Crippen LogP) is -1.03. The van der Waals surface area contributed by atoms with E-state index in [1.807, 2.05) is 6.07 Å². The number of nitriles is 1. The quantitative estimate of drug-likeness (QED) is 0.522. The molecule has 0 aromatic rings. The van der Waals surface area contributed by atoms with Crippen molar-refractivity contribution in [2.24, 2.45) is 0 Å². The lowest BCUT2D eigenvalue weighted by Crippen LogP contribution is -2.38. The van der Waals surface area contributed by atoms with Crippen LogP contribution in [0.25, 0.3) is 0 Å². The smallest absolute Gasteiger partial charge is 0.277 e. The lowest BCUT2D eigenvalue weighted by Gasteiger charge is -2.05. The molecule has 13 heavy (non-hydrogen) atoms. The molecule has 0 aromatic heterocycles. The van der Waals surface area contributed by atoms with Crippen LogP contribution in [0, 0.1) is 11.3 Å². The van der Waals surface area contributed by atoms with E-state index in [0.29, 0.717) is 6.61 Å². The molecule has 0 saturated carbocycles. The van der Waals surface area contributed by atoms with Crippen LogP contribution in [0.5, 0.6) is 0 Å². The summed E-state index contributed by atoms with van der Waals surface area (Å²) in [7, 11) is -1.97. The Labute approximate surface area is 78.1 Å². The van der Waals surface area contributed by atoms with E-state index in [1.54, 1.807) is 0 Å². The lowest BCUT2D eigenvalue weighted by atomic mass is 10.5. The van der Waals surface area contributed by atoms with E-state index in [4.69, 9.17) is 5.26 Å². The number of nitrogens with zero attached hydrogens (tertiary/aromatic N) is 1. The molecule has 0 aliphatic heterocycles. The molecule has 0 unspecified atom stereocenters. The van der Waals surface area contributed by atoms with Crippen LogP contribution in [0.4, 0.5) is 0 Å². The maximum absolute atomic E-state index is 11.0. The van der Waals surface area contributed by atoms with Crippen LogP contribution < -0.4 is 9.44 Å². The van der Waals surface area contributed by atoms with Crippen molar-refractivity contribution >= 4 is 10.2 Å². The van der Waals surface area contributed by atoms with Gasteiger partial charge in [0, 0.05) is 26.6 Å². The van der Waals surface area contributed by atoms with Gasteiger partial charge in [-0.1, -0.05) is 0 Å². The topological polar surface area (TPSA) is 91.2 Å². The Kier molecular flexibility index (Phi) is 6.44. The second-order valence-electron chi connectivity index (χ2n) is 2.19. The zero-order valence-corrected chi connectivity index (χ0v) is 8.23. The van der Waals surface area contributed by atoms with E-state index >= 15 is 0 Å². The van der Waals surface area contributed by atoms with Crippen LogP contribution in [0.3, 0.4) is 0 Å². The first-order chi connectivity index (χ1) is 6.12. The predicted molar refractivity (Wildman–Crippen MR) is 47.0 cm³/mol. The summed E-state index contributed by atoms with van der Waals surface area (Å²) in [6, 6.07) is 1.83. The molecule has 6 nitrogen and oxygen atoms in total. The van der Waals surface area contributed by atoms with Crippen molar-refractivity contribution in [1.82, 2.24) is 9.44 Å².